The predicted octanol–water partition coefficient (Wildman–Crippen LogP) is 0.571. The van der Waals surface area contributed by atoms with Crippen LogP contribution in [0.3, 0.4) is 0 Å². The van der Waals surface area contributed by atoms with Crippen molar-refractivity contribution in [2.24, 2.45) is 23.3 Å². The minimum Gasteiger partial charge on any atom is -0.393 e. The highest BCUT2D eigenvalue weighted by Gasteiger charge is 2.31. The molecule has 0 aliphatic heterocycles. The van der Waals surface area contributed by atoms with Crippen molar-refractivity contribution in [2.75, 3.05) is 6.54 Å². The maximum absolute atomic E-state index is 12.7. The van der Waals surface area contributed by atoms with Gasteiger partial charge in [0.15, 0.2) is 11.6 Å². The molecule has 0 radical (unpaired) electrons. The number of hydrogen-bond acceptors (Lipinski definition) is 6. The molecule has 6 N–H and O–H groups in total. The van der Waals surface area contributed by atoms with Gasteiger partial charge < -0.3 is 21.9 Å². The molecule has 0 unspecified atom stereocenters. The van der Waals surface area contributed by atoms with Crippen LogP contribution in [0, 0.1) is 11.8 Å². The van der Waals surface area contributed by atoms with Crippen LogP contribution in [-0.4, -0.2) is 47.3 Å². The highest BCUT2D eigenvalue weighted by Crippen LogP contribution is 2.14. The number of carbonyl (C=O) groups excluding carboxylic acids is 3. The van der Waals surface area contributed by atoms with Gasteiger partial charge in [0.2, 0.25) is 5.91 Å². The zero-order chi connectivity index (χ0) is 21.3. The smallest absolute Gasteiger partial charge is 0.226 e. The highest BCUT2D eigenvalue weighted by molar-refractivity contribution is 5.93. The van der Waals surface area contributed by atoms with Crippen molar-refractivity contribution in [2.45, 2.75) is 58.2 Å². The van der Waals surface area contributed by atoms with Gasteiger partial charge >= 0.3 is 0 Å². The van der Waals surface area contributed by atoms with Crippen LogP contribution in [0.2, 0.25) is 0 Å². The summed E-state index contributed by atoms with van der Waals surface area (Å²) in [5.41, 5.74) is 12.5. The molecule has 0 aromatic heterocycles. The lowest BCUT2D eigenvalue weighted by molar-refractivity contribution is -0.136. The van der Waals surface area contributed by atoms with E-state index in [1.807, 2.05) is 30.3 Å². The molecule has 1 aromatic rings. The van der Waals surface area contributed by atoms with E-state index in [9.17, 15) is 19.5 Å². The first-order valence-electron chi connectivity index (χ1n) is 9.71. The van der Waals surface area contributed by atoms with Crippen molar-refractivity contribution < 1.29 is 19.5 Å². The summed E-state index contributed by atoms with van der Waals surface area (Å²) >= 11 is 0. The van der Waals surface area contributed by atoms with Crippen LogP contribution in [0.4, 0.5) is 0 Å². The van der Waals surface area contributed by atoms with Crippen molar-refractivity contribution in [3.8, 4) is 0 Å². The molecule has 0 saturated heterocycles. The summed E-state index contributed by atoms with van der Waals surface area (Å²) in [5.74, 6) is -2.22. The van der Waals surface area contributed by atoms with Gasteiger partial charge in [-0.3, -0.25) is 14.4 Å². The van der Waals surface area contributed by atoms with Gasteiger partial charge in [0, 0.05) is 12.3 Å². The summed E-state index contributed by atoms with van der Waals surface area (Å²) in [5, 5.41) is 12.7. The SMILES string of the molecule is CC(C)C(=O)[C@H](CCN)NC(=O)[C@@H](CC(=O)[C@H](N)Cc1ccccc1)[C@H](C)O. The largest absolute Gasteiger partial charge is 0.393 e. The van der Waals surface area contributed by atoms with E-state index in [1.165, 1.54) is 6.92 Å². The second-order valence-electron chi connectivity index (χ2n) is 7.51. The molecular formula is C21H33N3O4. The molecular weight excluding hydrogens is 358 g/mol. The Morgan fingerprint density at radius 1 is 1.11 bits per heavy atom. The first-order chi connectivity index (χ1) is 13.2. The normalized spacial score (nSPS) is 15.5. The van der Waals surface area contributed by atoms with E-state index in [2.05, 4.69) is 5.32 Å². The minimum atomic E-state index is -1.06. The van der Waals surface area contributed by atoms with Crippen LogP contribution in [0.15, 0.2) is 30.3 Å². The molecule has 0 aliphatic rings. The number of aliphatic hydroxyl groups is 1. The Hall–Kier alpha value is -2.09. The summed E-state index contributed by atoms with van der Waals surface area (Å²) in [6.45, 7) is 5.18. The molecule has 0 spiro atoms. The van der Waals surface area contributed by atoms with Crippen LogP contribution in [0.1, 0.15) is 39.2 Å². The lowest BCUT2D eigenvalue weighted by Crippen LogP contribution is -2.49. The molecule has 4 atom stereocenters. The van der Waals surface area contributed by atoms with Crippen LogP contribution in [0.5, 0.6) is 0 Å². The van der Waals surface area contributed by atoms with Gasteiger partial charge in [-0.15, -0.1) is 0 Å². The molecule has 1 aromatic carbocycles. The van der Waals surface area contributed by atoms with E-state index in [0.29, 0.717) is 12.8 Å². The molecule has 0 saturated carbocycles. The van der Waals surface area contributed by atoms with Crippen LogP contribution < -0.4 is 16.8 Å². The summed E-state index contributed by atoms with van der Waals surface area (Å²) in [4.78, 5) is 37.4. The molecule has 1 amide bonds. The predicted molar refractivity (Wildman–Crippen MR) is 108 cm³/mol. The molecule has 0 fully saturated rings. The Balaban J connectivity index is 2.78. The number of nitrogens with two attached hydrogens (primary N) is 2. The summed E-state index contributed by atoms with van der Waals surface area (Å²) in [6.07, 6.45) is -0.588. The molecule has 7 nitrogen and oxygen atoms in total. The number of ketones is 2. The maximum atomic E-state index is 12.7. The number of benzene rings is 1. The average Bonchev–Trinajstić information content (AvgIpc) is 2.65. The van der Waals surface area contributed by atoms with Gasteiger partial charge in [-0.2, -0.15) is 0 Å². The van der Waals surface area contributed by atoms with Gasteiger partial charge in [-0.1, -0.05) is 44.2 Å². The van der Waals surface area contributed by atoms with Gasteiger partial charge in [0.05, 0.1) is 24.1 Å². The molecule has 0 aliphatic carbocycles. The molecule has 7 heteroatoms. The van der Waals surface area contributed by atoms with E-state index in [4.69, 9.17) is 11.5 Å². The Morgan fingerprint density at radius 2 is 1.71 bits per heavy atom. The summed E-state index contributed by atoms with van der Waals surface area (Å²) < 4.78 is 0. The van der Waals surface area contributed by atoms with E-state index >= 15 is 0 Å². The third-order valence-electron chi connectivity index (χ3n) is 4.74. The fraction of sp³-hybridized carbons (Fsp3) is 0.571. The van der Waals surface area contributed by atoms with E-state index in [1.54, 1.807) is 13.8 Å². The minimum absolute atomic E-state index is 0.129. The second kappa shape index (κ2) is 11.7. The quantitative estimate of drug-likeness (QED) is 0.411. The van der Waals surface area contributed by atoms with E-state index in [0.717, 1.165) is 5.56 Å². The molecule has 1 rings (SSSR count). The van der Waals surface area contributed by atoms with E-state index < -0.39 is 30.0 Å². The fourth-order valence-corrected chi connectivity index (χ4v) is 2.97. The third-order valence-corrected chi connectivity index (χ3v) is 4.74. The van der Waals surface area contributed by atoms with E-state index in [-0.39, 0.29) is 30.4 Å². The Labute approximate surface area is 166 Å². The number of aliphatic hydroxyl groups excluding tert-OH is 1. The highest BCUT2D eigenvalue weighted by atomic mass is 16.3. The Kier molecular flexibility index (Phi) is 9.99. The van der Waals surface area contributed by atoms with Gasteiger partial charge in [0.1, 0.15) is 0 Å². The second-order valence-corrected chi connectivity index (χ2v) is 7.51. The number of nitrogens with one attached hydrogen (secondary N) is 1. The molecule has 28 heavy (non-hydrogen) atoms. The number of carbonyl (C=O) groups is 3. The number of Topliss-reactive ketones (excluding diaryl/α,β-unsaturated/α-hetero) is 2. The molecule has 0 heterocycles. The van der Waals surface area contributed by atoms with Crippen LogP contribution >= 0.6 is 0 Å². The standard InChI is InChI=1S/C21H33N3O4/c1-13(2)20(27)18(9-10-22)24-21(28)16(14(3)25)12-19(26)17(23)11-15-7-5-4-6-8-15/h4-8,13-14,16-18,25H,9-12,22-23H2,1-3H3,(H,24,28)/t14-,16-,17+,18-/m0/s1. The summed E-state index contributed by atoms with van der Waals surface area (Å²) in [7, 11) is 0. The van der Waals surface area contributed by atoms with Crippen LogP contribution in [-0.2, 0) is 20.8 Å². The van der Waals surface area contributed by atoms with Gasteiger partial charge in [0.25, 0.3) is 0 Å². The lowest BCUT2D eigenvalue weighted by atomic mass is 9.90. The topological polar surface area (TPSA) is 136 Å². The third kappa shape index (κ3) is 7.50. The first-order valence-corrected chi connectivity index (χ1v) is 9.71. The molecule has 0 bridgehead atoms. The zero-order valence-electron chi connectivity index (χ0n) is 16.9. The van der Waals surface area contributed by atoms with Crippen molar-refractivity contribution in [1.82, 2.24) is 5.32 Å². The summed E-state index contributed by atoms with van der Waals surface area (Å²) in [6, 6.07) is 7.85. The number of hydrogen-bond donors (Lipinski definition) is 4. The van der Waals surface area contributed by atoms with Crippen molar-refractivity contribution in [1.29, 1.82) is 0 Å². The van der Waals surface area contributed by atoms with Crippen LogP contribution in [0.25, 0.3) is 0 Å². The number of amides is 1. The molecule has 156 valence electrons. The van der Waals surface area contributed by atoms with Gasteiger partial charge in [-0.25, -0.2) is 0 Å². The van der Waals surface area contributed by atoms with Crippen molar-refractivity contribution in [3.63, 3.8) is 0 Å². The first kappa shape index (κ1) is 23.9. The number of rotatable bonds is 12. The fourth-order valence-electron chi connectivity index (χ4n) is 2.97. The van der Waals surface area contributed by atoms with Crippen molar-refractivity contribution >= 4 is 17.5 Å². The lowest BCUT2D eigenvalue weighted by Gasteiger charge is -2.25. The monoisotopic (exact) mass is 391 g/mol. The Morgan fingerprint density at radius 3 is 2.21 bits per heavy atom. The Bertz CT molecular complexity index is 646. The van der Waals surface area contributed by atoms with Gasteiger partial charge in [-0.05, 0) is 31.9 Å². The maximum Gasteiger partial charge on any atom is 0.226 e. The average molecular weight is 392 g/mol. The van der Waals surface area contributed by atoms with Crippen molar-refractivity contribution in [3.05, 3.63) is 35.9 Å². The zero-order valence-corrected chi connectivity index (χ0v) is 16.9.